The lowest BCUT2D eigenvalue weighted by Crippen LogP contribution is -2.01. The van der Waals surface area contributed by atoms with Crippen LogP contribution in [0.1, 0.15) is 19.7 Å². The van der Waals surface area contributed by atoms with E-state index in [4.69, 9.17) is 12.2 Å². The van der Waals surface area contributed by atoms with E-state index in [1.807, 2.05) is 13.8 Å². The number of hydrogen-bond donors (Lipinski definition) is 2. The molecule has 0 amide bonds. The normalized spacial score (nSPS) is 9.64. The highest BCUT2D eigenvalue weighted by atomic mass is 32.1. The van der Waals surface area contributed by atoms with Crippen LogP contribution in [-0.4, -0.2) is 19.6 Å². The molecular formula is C8H12N4OS. The Balaban J connectivity index is 0.000000461. The molecule has 2 rings (SSSR count). The fourth-order valence-corrected chi connectivity index (χ4v) is 1.32. The summed E-state index contributed by atoms with van der Waals surface area (Å²) in [6.07, 6.45) is 0. The largest absolute Gasteiger partial charge is 0.328 e. The van der Waals surface area contributed by atoms with Gasteiger partial charge in [-0.15, -0.1) is 0 Å². The Hall–Kier alpha value is -1.43. The van der Waals surface area contributed by atoms with Gasteiger partial charge in [-0.25, -0.2) is 9.50 Å². The van der Waals surface area contributed by atoms with Gasteiger partial charge < -0.3 is 4.98 Å². The molecule has 0 aliphatic carbocycles. The first kappa shape index (κ1) is 10.6. The molecule has 0 aliphatic heterocycles. The first-order valence-corrected chi connectivity index (χ1v) is 4.76. The molecule has 2 N–H and O–H groups in total. The molecule has 0 radical (unpaired) electrons. The van der Waals surface area contributed by atoms with Gasteiger partial charge in [-0.1, -0.05) is 13.8 Å². The van der Waals surface area contributed by atoms with E-state index in [0.29, 0.717) is 16.2 Å². The molecule has 0 saturated heterocycles. The van der Waals surface area contributed by atoms with Gasteiger partial charge in [0, 0.05) is 6.07 Å². The van der Waals surface area contributed by atoms with E-state index >= 15 is 0 Å². The SMILES string of the molecule is CC.Cc1nc(=S)n2[nH]c(=O)cc2[nH]1. The van der Waals surface area contributed by atoms with Crippen LogP contribution in [0.4, 0.5) is 0 Å². The molecule has 0 spiro atoms. The molecule has 0 atom stereocenters. The van der Waals surface area contributed by atoms with Crippen molar-refractivity contribution in [2.75, 3.05) is 0 Å². The monoisotopic (exact) mass is 212 g/mol. The van der Waals surface area contributed by atoms with Gasteiger partial charge in [-0.05, 0) is 19.1 Å². The summed E-state index contributed by atoms with van der Waals surface area (Å²) in [5.74, 6) is 0.694. The van der Waals surface area contributed by atoms with Gasteiger partial charge >= 0.3 is 0 Å². The van der Waals surface area contributed by atoms with Crippen LogP contribution in [0, 0.1) is 11.7 Å². The van der Waals surface area contributed by atoms with Crippen LogP contribution in [-0.2, 0) is 0 Å². The zero-order valence-electron chi connectivity index (χ0n) is 8.29. The van der Waals surface area contributed by atoms with Gasteiger partial charge in [0.15, 0.2) is 0 Å². The molecule has 0 fully saturated rings. The fourth-order valence-electron chi connectivity index (χ4n) is 1.04. The van der Waals surface area contributed by atoms with Gasteiger partial charge in [0.1, 0.15) is 11.5 Å². The van der Waals surface area contributed by atoms with Crippen molar-refractivity contribution in [2.24, 2.45) is 0 Å². The predicted octanol–water partition coefficient (Wildman–Crippen LogP) is 1.41. The lowest BCUT2D eigenvalue weighted by molar-refractivity contribution is 0.840. The maximum absolute atomic E-state index is 10.9. The smallest absolute Gasteiger partial charge is 0.266 e. The molecule has 14 heavy (non-hydrogen) atoms. The summed E-state index contributed by atoms with van der Waals surface area (Å²) in [5, 5.41) is 2.52. The molecule has 6 heteroatoms. The van der Waals surface area contributed by atoms with Crippen LogP contribution < -0.4 is 5.56 Å². The minimum Gasteiger partial charge on any atom is -0.328 e. The minimum absolute atomic E-state index is 0.190. The van der Waals surface area contributed by atoms with E-state index in [1.54, 1.807) is 6.92 Å². The van der Waals surface area contributed by atoms with Gasteiger partial charge in [0.2, 0.25) is 4.77 Å². The predicted molar refractivity (Wildman–Crippen MR) is 57.1 cm³/mol. The third-order valence-corrected chi connectivity index (χ3v) is 1.77. The molecule has 76 valence electrons. The number of hydrogen-bond acceptors (Lipinski definition) is 3. The van der Waals surface area contributed by atoms with Crippen molar-refractivity contribution < 1.29 is 0 Å². The second kappa shape index (κ2) is 4.19. The number of aryl methyl sites for hydroxylation is 1. The average molecular weight is 212 g/mol. The molecule has 2 aromatic rings. The van der Waals surface area contributed by atoms with Crippen molar-refractivity contribution in [3.05, 3.63) is 27.0 Å². The Morgan fingerprint density at radius 1 is 1.50 bits per heavy atom. The van der Waals surface area contributed by atoms with E-state index in [1.165, 1.54) is 10.6 Å². The summed E-state index contributed by atoms with van der Waals surface area (Å²) in [4.78, 5) is 17.8. The lowest BCUT2D eigenvalue weighted by atomic mass is 10.6. The molecule has 0 aliphatic rings. The van der Waals surface area contributed by atoms with Crippen LogP contribution in [0.2, 0.25) is 0 Å². The Labute approximate surface area is 85.8 Å². The maximum Gasteiger partial charge on any atom is 0.266 e. The Morgan fingerprint density at radius 2 is 2.14 bits per heavy atom. The number of aromatic nitrogens is 4. The third kappa shape index (κ3) is 1.90. The Morgan fingerprint density at radius 3 is 2.79 bits per heavy atom. The number of H-pyrrole nitrogens is 2. The number of aromatic amines is 2. The average Bonchev–Trinajstić information content (AvgIpc) is 2.49. The molecule has 2 aromatic heterocycles. The highest BCUT2D eigenvalue weighted by Crippen LogP contribution is 1.94. The summed E-state index contributed by atoms with van der Waals surface area (Å²) in [6.45, 7) is 5.78. The number of rotatable bonds is 0. The van der Waals surface area contributed by atoms with E-state index in [-0.39, 0.29) is 5.56 Å². The summed E-state index contributed by atoms with van der Waals surface area (Å²) < 4.78 is 1.79. The van der Waals surface area contributed by atoms with Crippen molar-refractivity contribution in [3.8, 4) is 0 Å². The Kier molecular flexibility index (Phi) is 3.19. The van der Waals surface area contributed by atoms with Crippen LogP contribution in [0.15, 0.2) is 10.9 Å². The summed E-state index contributed by atoms with van der Waals surface area (Å²) in [7, 11) is 0. The summed E-state index contributed by atoms with van der Waals surface area (Å²) in [6, 6.07) is 1.43. The number of nitrogens with zero attached hydrogens (tertiary/aromatic N) is 2. The molecule has 5 nitrogen and oxygen atoms in total. The quantitative estimate of drug-likeness (QED) is 0.649. The van der Waals surface area contributed by atoms with E-state index in [2.05, 4.69) is 15.1 Å². The number of fused-ring (bicyclic) bond motifs is 1. The van der Waals surface area contributed by atoms with Crippen LogP contribution in [0.5, 0.6) is 0 Å². The standard InChI is InChI=1S/C6H6N4OS.C2H6/c1-3-7-4-2-5(11)9-10(4)6(12)8-3;1-2/h2H,1H3,(H,9,11)(H,7,8,12);1-2H3. The molecule has 0 saturated carbocycles. The molecule has 2 heterocycles. The van der Waals surface area contributed by atoms with Crippen molar-refractivity contribution in [1.29, 1.82) is 0 Å². The van der Waals surface area contributed by atoms with E-state index in [9.17, 15) is 4.79 Å². The fraction of sp³-hybridized carbons (Fsp3) is 0.375. The van der Waals surface area contributed by atoms with Crippen molar-refractivity contribution in [2.45, 2.75) is 20.8 Å². The maximum atomic E-state index is 10.9. The highest BCUT2D eigenvalue weighted by Gasteiger charge is 1.98. The van der Waals surface area contributed by atoms with Crippen molar-refractivity contribution in [1.82, 2.24) is 19.6 Å². The number of nitrogens with one attached hydrogen (secondary N) is 2. The summed E-state index contributed by atoms with van der Waals surface area (Å²) >= 11 is 4.92. The van der Waals surface area contributed by atoms with Crippen LogP contribution >= 0.6 is 12.2 Å². The van der Waals surface area contributed by atoms with Gasteiger partial charge in [0.25, 0.3) is 5.56 Å². The van der Waals surface area contributed by atoms with Crippen LogP contribution in [0.25, 0.3) is 5.65 Å². The van der Waals surface area contributed by atoms with Crippen molar-refractivity contribution in [3.63, 3.8) is 0 Å². The molecule has 0 bridgehead atoms. The van der Waals surface area contributed by atoms with Gasteiger partial charge in [-0.3, -0.25) is 9.89 Å². The zero-order valence-corrected chi connectivity index (χ0v) is 9.10. The first-order chi connectivity index (χ1) is 6.66. The minimum atomic E-state index is -0.190. The molecule has 0 aromatic carbocycles. The van der Waals surface area contributed by atoms with Crippen molar-refractivity contribution >= 4 is 17.9 Å². The first-order valence-electron chi connectivity index (χ1n) is 4.35. The van der Waals surface area contributed by atoms with E-state index < -0.39 is 0 Å². The zero-order chi connectivity index (χ0) is 10.7. The topological polar surface area (TPSA) is 66.0 Å². The Bertz CT molecular complexity index is 536. The van der Waals surface area contributed by atoms with E-state index in [0.717, 1.165) is 0 Å². The highest BCUT2D eigenvalue weighted by molar-refractivity contribution is 7.71. The molecular weight excluding hydrogens is 200 g/mol. The second-order valence-electron chi connectivity index (χ2n) is 2.45. The summed E-state index contributed by atoms with van der Waals surface area (Å²) in [5.41, 5.74) is 0.447. The van der Waals surface area contributed by atoms with Gasteiger partial charge in [0.05, 0.1) is 0 Å². The van der Waals surface area contributed by atoms with Crippen LogP contribution in [0.3, 0.4) is 0 Å². The lowest BCUT2D eigenvalue weighted by Gasteiger charge is -1.95. The molecule has 0 unspecified atom stereocenters. The second-order valence-corrected chi connectivity index (χ2v) is 2.81. The third-order valence-electron chi connectivity index (χ3n) is 1.49. The van der Waals surface area contributed by atoms with Gasteiger partial charge in [-0.2, -0.15) is 0 Å².